The molecule has 106 valence electrons. The van der Waals surface area contributed by atoms with Crippen LogP contribution in [0, 0.1) is 0 Å². The minimum Gasteiger partial charge on any atom is -0.354 e. The molecule has 1 rings (SSSR count). The second-order valence-corrected chi connectivity index (χ2v) is 4.47. The average Bonchev–Trinajstić information content (AvgIpc) is 2.28. The standard InChI is InChI=1S/C11H20F3N3O/c12-11(13,14)9-15-8-10(18)16-4-7-17-5-2-1-3-6-17/h15H,1-9H2,(H,16,18). The Hall–Kier alpha value is -0.820. The molecule has 0 aromatic rings. The number of hydrogen-bond donors (Lipinski definition) is 2. The van der Waals surface area contributed by atoms with E-state index in [4.69, 9.17) is 0 Å². The van der Waals surface area contributed by atoms with Crippen LogP contribution >= 0.6 is 0 Å². The highest BCUT2D eigenvalue weighted by atomic mass is 19.4. The van der Waals surface area contributed by atoms with Crippen molar-refractivity contribution >= 4 is 5.91 Å². The maximum Gasteiger partial charge on any atom is 0.401 e. The third kappa shape index (κ3) is 7.50. The van der Waals surface area contributed by atoms with Gasteiger partial charge in [0.2, 0.25) is 5.91 Å². The molecule has 2 N–H and O–H groups in total. The number of rotatable bonds is 6. The Morgan fingerprint density at radius 3 is 2.44 bits per heavy atom. The van der Waals surface area contributed by atoms with E-state index < -0.39 is 18.6 Å². The number of carbonyl (C=O) groups is 1. The number of carbonyl (C=O) groups excluding carboxylic acids is 1. The van der Waals surface area contributed by atoms with Gasteiger partial charge in [-0.1, -0.05) is 6.42 Å². The molecule has 18 heavy (non-hydrogen) atoms. The molecule has 1 aliphatic heterocycles. The molecule has 1 aliphatic rings. The molecule has 1 amide bonds. The molecule has 0 unspecified atom stereocenters. The summed E-state index contributed by atoms with van der Waals surface area (Å²) in [5.41, 5.74) is 0. The fourth-order valence-electron chi connectivity index (χ4n) is 1.92. The summed E-state index contributed by atoms with van der Waals surface area (Å²) in [5, 5.41) is 4.67. The molecular formula is C11H20F3N3O. The summed E-state index contributed by atoms with van der Waals surface area (Å²) >= 11 is 0. The van der Waals surface area contributed by atoms with E-state index >= 15 is 0 Å². The van der Waals surface area contributed by atoms with Crippen LogP contribution in [0.15, 0.2) is 0 Å². The smallest absolute Gasteiger partial charge is 0.354 e. The van der Waals surface area contributed by atoms with Crippen molar-refractivity contribution in [3.63, 3.8) is 0 Å². The van der Waals surface area contributed by atoms with E-state index in [1.54, 1.807) is 0 Å². The highest BCUT2D eigenvalue weighted by molar-refractivity contribution is 5.77. The van der Waals surface area contributed by atoms with Crippen molar-refractivity contribution in [2.75, 3.05) is 39.3 Å². The van der Waals surface area contributed by atoms with Crippen LogP contribution < -0.4 is 10.6 Å². The van der Waals surface area contributed by atoms with Crippen molar-refractivity contribution in [1.29, 1.82) is 0 Å². The van der Waals surface area contributed by atoms with Crippen LogP contribution in [0.3, 0.4) is 0 Å². The average molecular weight is 267 g/mol. The molecule has 0 saturated carbocycles. The lowest BCUT2D eigenvalue weighted by Crippen LogP contribution is -2.42. The second-order valence-electron chi connectivity index (χ2n) is 4.47. The third-order valence-corrected chi connectivity index (χ3v) is 2.81. The number of hydrogen-bond acceptors (Lipinski definition) is 3. The van der Waals surface area contributed by atoms with Crippen LogP contribution in [0.5, 0.6) is 0 Å². The zero-order valence-electron chi connectivity index (χ0n) is 10.4. The third-order valence-electron chi connectivity index (χ3n) is 2.81. The Labute approximate surface area is 105 Å². The molecule has 0 aliphatic carbocycles. The van der Waals surface area contributed by atoms with Crippen molar-refractivity contribution in [3.05, 3.63) is 0 Å². The Kier molecular flexibility index (Phi) is 6.42. The van der Waals surface area contributed by atoms with Crippen LogP contribution in [-0.2, 0) is 4.79 Å². The molecule has 1 heterocycles. The summed E-state index contributed by atoms with van der Waals surface area (Å²) in [4.78, 5) is 13.5. The molecule has 4 nitrogen and oxygen atoms in total. The normalized spacial score (nSPS) is 17.7. The molecule has 0 spiro atoms. The van der Waals surface area contributed by atoms with E-state index in [0.717, 1.165) is 19.6 Å². The quantitative estimate of drug-likeness (QED) is 0.746. The molecular weight excluding hydrogens is 247 g/mol. The SMILES string of the molecule is O=C(CNCC(F)(F)F)NCCN1CCCCC1. The lowest BCUT2D eigenvalue weighted by molar-refractivity contribution is -0.128. The van der Waals surface area contributed by atoms with Gasteiger partial charge in [0.15, 0.2) is 0 Å². The van der Waals surface area contributed by atoms with Gasteiger partial charge in [0.25, 0.3) is 0 Å². The minimum absolute atomic E-state index is 0.292. The van der Waals surface area contributed by atoms with Gasteiger partial charge in [0, 0.05) is 13.1 Å². The molecule has 0 atom stereocenters. The number of halogens is 3. The van der Waals surface area contributed by atoms with Crippen LogP contribution in [0.1, 0.15) is 19.3 Å². The van der Waals surface area contributed by atoms with E-state index in [1.165, 1.54) is 19.3 Å². The van der Waals surface area contributed by atoms with Crippen LogP contribution in [0.25, 0.3) is 0 Å². The van der Waals surface area contributed by atoms with Gasteiger partial charge in [-0.05, 0) is 25.9 Å². The van der Waals surface area contributed by atoms with Gasteiger partial charge >= 0.3 is 6.18 Å². The fourth-order valence-corrected chi connectivity index (χ4v) is 1.92. The van der Waals surface area contributed by atoms with Crippen LogP contribution in [-0.4, -0.2) is 56.3 Å². The Balaban J connectivity index is 1.99. The van der Waals surface area contributed by atoms with Gasteiger partial charge in [-0.25, -0.2) is 0 Å². The summed E-state index contributed by atoms with van der Waals surface area (Å²) < 4.78 is 35.4. The van der Waals surface area contributed by atoms with E-state index in [-0.39, 0.29) is 6.54 Å². The van der Waals surface area contributed by atoms with Crippen molar-refractivity contribution in [1.82, 2.24) is 15.5 Å². The molecule has 0 aromatic heterocycles. The fraction of sp³-hybridized carbons (Fsp3) is 0.909. The number of nitrogens with one attached hydrogen (secondary N) is 2. The topological polar surface area (TPSA) is 44.4 Å². The van der Waals surface area contributed by atoms with E-state index in [2.05, 4.69) is 15.5 Å². The van der Waals surface area contributed by atoms with Crippen molar-refractivity contribution < 1.29 is 18.0 Å². The number of piperidine rings is 1. The first-order valence-electron chi connectivity index (χ1n) is 6.24. The first-order chi connectivity index (χ1) is 8.47. The van der Waals surface area contributed by atoms with E-state index in [9.17, 15) is 18.0 Å². The number of likely N-dealkylation sites (tertiary alicyclic amines) is 1. The summed E-state index contributed by atoms with van der Waals surface area (Å²) in [6, 6.07) is 0. The number of alkyl halides is 3. The predicted octanol–water partition coefficient (Wildman–Crippen LogP) is 0.740. The molecule has 1 fully saturated rings. The van der Waals surface area contributed by atoms with E-state index in [0.29, 0.717) is 6.54 Å². The molecule has 7 heteroatoms. The minimum atomic E-state index is -4.27. The van der Waals surface area contributed by atoms with Gasteiger partial charge in [-0.15, -0.1) is 0 Å². The van der Waals surface area contributed by atoms with Crippen molar-refractivity contribution in [2.45, 2.75) is 25.4 Å². The van der Waals surface area contributed by atoms with Crippen molar-refractivity contribution in [3.8, 4) is 0 Å². The van der Waals surface area contributed by atoms with Gasteiger partial charge in [0.1, 0.15) is 0 Å². The summed E-state index contributed by atoms with van der Waals surface area (Å²) in [6.45, 7) is 1.92. The maximum atomic E-state index is 11.8. The highest BCUT2D eigenvalue weighted by Gasteiger charge is 2.26. The highest BCUT2D eigenvalue weighted by Crippen LogP contribution is 2.11. The zero-order chi connectivity index (χ0) is 13.4. The monoisotopic (exact) mass is 267 g/mol. The lowest BCUT2D eigenvalue weighted by Gasteiger charge is -2.26. The number of amides is 1. The summed E-state index contributed by atoms with van der Waals surface area (Å²) in [5.74, 6) is -0.392. The Morgan fingerprint density at radius 1 is 1.17 bits per heavy atom. The summed E-state index contributed by atoms with van der Waals surface area (Å²) in [7, 11) is 0. The first-order valence-corrected chi connectivity index (χ1v) is 6.24. The van der Waals surface area contributed by atoms with Crippen LogP contribution in [0.4, 0.5) is 13.2 Å². The van der Waals surface area contributed by atoms with Crippen LogP contribution in [0.2, 0.25) is 0 Å². The molecule has 0 bridgehead atoms. The molecule has 1 saturated heterocycles. The second kappa shape index (κ2) is 7.58. The van der Waals surface area contributed by atoms with E-state index in [1.807, 2.05) is 0 Å². The largest absolute Gasteiger partial charge is 0.401 e. The predicted molar refractivity (Wildman–Crippen MR) is 62.2 cm³/mol. The van der Waals surface area contributed by atoms with Gasteiger partial charge in [-0.2, -0.15) is 13.2 Å². The molecule has 0 radical (unpaired) electrons. The van der Waals surface area contributed by atoms with Gasteiger partial charge < -0.3 is 15.5 Å². The molecule has 0 aromatic carbocycles. The first kappa shape index (κ1) is 15.2. The maximum absolute atomic E-state index is 11.8. The number of nitrogens with zero attached hydrogens (tertiary/aromatic N) is 1. The Morgan fingerprint density at radius 2 is 1.83 bits per heavy atom. The zero-order valence-corrected chi connectivity index (χ0v) is 10.4. The Bertz CT molecular complexity index is 252. The van der Waals surface area contributed by atoms with Gasteiger partial charge in [0.05, 0.1) is 13.1 Å². The van der Waals surface area contributed by atoms with Gasteiger partial charge in [-0.3, -0.25) is 4.79 Å². The van der Waals surface area contributed by atoms with Crippen molar-refractivity contribution in [2.24, 2.45) is 0 Å². The lowest BCUT2D eigenvalue weighted by atomic mass is 10.1. The summed E-state index contributed by atoms with van der Waals surface area (Å²) in [6.07, 6.45) is -0.652.